The standard InChI is InChI=1S/C20H24N6O/c1-14-2-8-18(9-3-14)26-11-10-17(25-26)12-21-20(27)16-6-4-15(5-7-16)19-22-13-23-24-19/h2-3,8-11,13,15-16H,4-7,12H2,1H3,(H,21,27)(H,22,23,24). The second-order valence-electron chi connectivity index (χ2n) is 7.22. The molecule has 3 aromatic rings. The Balaban J connectivity index is 1.28. The number of aromatic amines is 1. The number of carbonyl (C=O) groups excluding carboxylic acids is 1. The highest BCUT2D eigenvalue weighted by molar-refractivity contribution is 5.78. The molecule has 2 N–H and O–H groups in total. The van der Waals surface area contributed by atoms with Crippen LogP contribution in [0.4, 0.5) is 0 Å². The Hall–Kier alpha value is -2.96. The normalized spacial score (nSPS) is 19.7. The van der Waals surface area contributed by atoms with Crippen molar-refractivity contribution < 1.29 is 4.79 Å². The molecule has 7 nitrogen and oxygen atoms in total. The second-order valence-corrected chi connectivity index (χ2v) is 7.22. The van der Waals surface area contributed by atoms with Crippen molar-refractivity contribution in [1.82, 2.24) is 30.3 Å². The van der Waals surface area contributed by atoms with Gasteiger partial charge in [-0.15, -0.1) is 0 Å². The molecule has 7 heteroatoms. The summed E-state index contributed by atoms with van der Waals surface area (Å²) in [5, 5.41) is 14.5. The zero-order valence-electron chi connectivity index (χ0n) is 15.4. The van der Waals surface area contributed by atoms with Gasteiger partial charge in [0.15, 0.2) is 0 Å². The summed E-state index contributed by atoms with van der Waals surface area (Å²) in [6, 6.07) is 10.2. The third-order valence-corrected chi connectivity index (χ3v) is 5.30. The zero-order valence-corrected chi connectivity index (χ0v) is 15.4. The molecule has 4 rings (SSSR count). The van der Waals surface area contributed by atoms with Crippen molar-refractivity contribution in [3.05, 3.63) is 59.9 Å². The van der Waals surface area contributed by atoms with Crippen LogP contribution in [0.2, 0.25) is 0 Å². The number of hydrogen-bond acceptors (Lipinski definition) is 4. The summed E-state index contributed by atoms with van der Waals surface area (Å²) in [5.41, 5.74) is 3.10. The maximum Gasteiger partial charge on any atom is 0.223 e. The van der Waals surface area contributed by atoms with Crippen LogP contribution in [0.25, 0.3) is 5.69 Å². The van der Waals surface area contributed by atoms with E-state index in [0.717, 1.165) is 42.9 Å². The molecular weight excluding hydrogens is 340 g/mol. The second kappa shape index (κ2) is 7.73. The number of benzene rings is 1. The summed E-state index contributed by atoms with van der Waals surface area (Å²) >= 11 is 0. The van der Waals surface area contributed by atoms with Crippen LogP contribution in [-0.4, -0.2) is 30.9 Å². The van der Waals surface area contributed by atoms with E-state index in [1.165, 1.54) is 5.56 Å². The van der Waals surface area contributed by atoms with Gasteiger partial charge in [-0.05, 0) is 50.8 Å². The van der Waals surface area contributed by atoms with E-state index in [0.29, 0.717) is 12.5 Å². The minimum Gasteiger partial charge on any atom is -0.350 e. The average Bonchev–Trinajstić information content (AvgIpc) is 3.39. The number of nitrogens with one attached hydrogen (secondary N) is 2. The van der Waals surface area contributed by atoms with Crippen LogP contribution in [0.3, 0.4) is 0 Å². The first-order chi connectivity index (χ1) is 13.2. The highest BCUT2D eigenvalue weighted by Gasteiger charge is 2.28. The Morgan fingerprint density at radius 1 is 1.19 bits per heavy atom. The fraction of sp³-hybridized carbons (Fsp3) is 0.400. The molecule has 1 aromatic carbocycles. The van der Waals surface area contributed by atoms with Gasteiger partial charge in [0.2, 0.25) is 5.91 Å². The Morgan fingerprint density at radius 3 is 2.67 bits per heavy atom. The van der Waals surface area contributed by atoms with Crippen LogP contribution in [0.15, 0.2) is 42.9 Å². The van der Waals surface area contributed by atoms with Gasteiger partial charge in [-0.25, -0.2) is 9.67 Å². The first-order valence-electron chi connectivity index (χ1n) is 9.43. The van der Waals surface area contributed by atoms with Gasteiger partial charge in [-0.2, -0.15) is 10.2 Å². The fourth-order valence-corrected chi connectivity index (χ4v) is 3.66. The molecule has 0 spiro atoms. The molecule has 2 heterocycles. The minimum atomic E-state index is 0.0726. The van der Waals surface area contributed by atoms with Crippen molar-refractivity contribution in [1.29, 1.82) is 0 Å². The van der Waals surface area contributed by atoms with Crippen LogP contribution in [-0.2, 0) is 11.3 Å². The summed E-state index contributed by atoms with van der Waals surface area (Å²) < 4.78 is 1.84. The number of rotatable bonds is 5. The van der Waals surface area contributed by atoms with Gasteiger partial charge in [-0.3, -0.25) is 9.89 Å². The van der Waals surface area contributed by atoms with Gasteiger partial charge in [0.25, 0.3) is 0 Å². The number of aryl methyl sites for hydroxylation is 1. The smallest absolute Gasteiger partial charge is 0.223 e. The molecule has 0 radical (unpaired) electrons. The highest BCUT2D eigenvalue weighted by Crippen LogP contribution is 2.34. The number of aromatic nitrogens is 5. The Morgan fingerprint density at radius 2 is 1.96 bits per heavy atom. The number of H-pyrrole nitrogens is 1. The lowest BCUT2D eigenvalue weighted by Crippen LogP contribution is -2.32. The third-order valence-electron chi connectivity index (χ3n) is 5.30. The Bertz CT molecular complexity index is 876. The fourth-order valence-electron chi connectivity index (χ4n) is 3.66. The van der Waals surface area contributed by atoms with Gasteiger partial charge in [0, 0.05) is 18.0 Å². The van der Waals surface area contributed by atoms with E-state index in [9.17, 15) is 4.79 Å². The molecule has 0 bridgehead atoms. The minimum absolute atomic E-state index is 0.0726. The Kier molecular flexibility index (Phi) is 5.00. The van der Waals surface area contributed by atoms with E-state index in [1.807, 2.05) is 29.1 Å². The molecule has 140 valence electrons. The highest BCUT2D eigenvalue weighted by atomic mass is 16.1. The molecule has 1 amide bonds. The zero-order chi connectivity index (χ0) is 18.6. The summed E-state index contributed by atoms with van der Waals surface area (Å²) in [5.74, 6) is 1.52. The molecule has 0 atom stereocenters. The van der Waals surface area contributed by atoms with Crippen molar-refractivity contribution in [3.63, 3.8) is 0 Å². The average molecular weight is 364 g/mol. The van der Waals surface area contributed by atoms with Crippen LogP contribution in [0.5, 0.6) is 0 Å². The van der Waals surface area contributed by atoms with Gasteiger partial charge in [0.05, 0.1) is 17.9 Å². The molecule has 0 aliphatic heterocycles. The third kappa shape index (κ3) is 4.07. The van der Waals surface area contributed by atoms with Crippen molar-refractivity contribution in [2.45, 2.75) is 45.1 Å². The van der Waals surface area contributed by atoms with E-state index in [1.54, 1.807) is 6.33 Å². The van der Waals surface area contributed by atoms with Crippen molar-refractivity contribution in [2.24, 2.45) is 5.92 Å². The number of nitrogens with zero attached hydrogens (tertiary/aromatic N) is 4. The first kappa shape index (κ1) is 17.5. The van der Waals surface area contributed by atoms with Gasteiger partial charge in [0.1, 0.15) is 12.2 Å². The van der Waals surface area contributed by atoms with Crippen LogP contribution in [0, 0.1) is 12.8 Å². The quantitative estimate of drug-likeness (QED) is 0.729. The van der Waals surface area contributed by atoms with E-state index >= 15 is 0 Å². The van der Waals surface area contributed by atoms with E-state index in [-0.39, 0.29) is 11.8 Å². The van der Waals surface area contributed by atoms with Crippen LogP contribution >= 0.6 is 0 Å². The van der Waals surface area contributed by atoms with Crippen LogP contribution < -0.4 is 5.32 Å². The summed E-state index contributed by atoms with van der Waals surface area (Å²) in [4.78, 5) is 16.7. The number of carbonyl (C=O) groups is 1. The molecule has 2 aromatic heterocycles. The summed E-state index contributed by atoms with van der Waals surface area (Å²) in [7, 11) is 0. The van der Waals surface area contributed by atoms with Crippen molar-refractivity contribution >= 4 is 5.91 Å². The number of hydrogen-bond donors (Lipinski definition) is 2. The van der Waals surface area contributed by atoms with Gasteiger partial charge < -0.3 is 5.32 Å². The largest absolute Gasteiger partial charge is 0.350 e. The predicted molar refractivity (Wildman–Crippen MR) is 101 cm³/mol. The molecule has 1 saturated carbocycles. The molecule has 0 unspecified atom stereocenters. The predicted octanol–water partition coefficient (Wildman–Crippen LogP) is 2.89. The SMILES string of the molecule is Cc1ccc(-n2ccc(CNC(=O)C3CCC(c4ncn[nH]4)CC3)n2)cc1. The van der Waals surface area contributed by atoms with Crippen molar-refractivity contribution in [3.8, 4) is 5.69 Å². The van der Waals surface area contributed by atoms with E-state index < -0.39 is 0 Å². The first-order valence-corrected chi connectivity index (χ1v) is 9.43. The Labute approximate surface area is 158 Å². The number of amides is 1. The van der Waals surface area contributed by atoms with E-state index in [2.05, 4.69) is 44.7 Å². The van der Waals surface area contributed by atoms with E-state index in [4.69, 9.17) is 0 Å². The van der Waals surface area contributed by atoms with Crippen molar-refractivity contribution in [2.75, 3.05) is 0 Å². The van der Waals surface area contributed by atoms with Gasteiger partial charge in [-0.1, -0.05) is 17.7 Å². The lowest BCUT2D eigenvalue weighted by Gasteiger charge is -2.26. The molecule has 1 aliphatic carbocycles. The molecule has 27 heavy (non-hydrogen) atoms. The lowest BCUT2D eigenvalue weighted by molar-refractivity contribution is -0.126. The monoisotopic (exact) mass is 364 g/mol. The summed E-state index contributed by atoms with van der Waals surface area (Å²) in [6.07, 6.45) is 7.17. The molecule has 0 saturated heterocycles. The maximum absolute atomic E-state index is 12.5. The molecular formula is C20H24N6O. The lowest BCUT2D eigenvalue weighted by atomic mass is 9.81. The van der Waals surface area contributed by atoms with Gasteiger partial charge >= 0.3 is 0 Å². The summed E-state index contributed by atoms with van der Waals surface area (Å²) in [6.45, 7) is 2.52. The maximum atomic E-state index is 12.5. The topological polar surface area (TPSA) is 88.5 Å². The van der Waals surface area contributed by atoms with Crippen LogP contribution in [0.1, 0.15) is 48.7 Å². The molecule has 1 fully saturated rings. The molecule has 1 aliphatic rings.